The van der Waals surface area contributed by atoms with E-state index >= 15 is 0 Å². The molecule has 128 valence electrons. The van der Waals surface area contributed by atoms with Gasteiger partial charge < -0.3 is 31.7 Å². The van der Waals surface area contributed by atoms with Crippen molar-refractivity contribution in [1.82, 2.24) is 10.6 Å². The summed E-state index contributed by atoms with van der Waals surface area (Å²) in [5, 5.41) is 32.4. The van der Waals surface area contributed by atoms with Crippen LogP contribution in [0, 0.1) is 5.92 Å². The van der Waals surface area contributed by atoms with Crippen molar-refractivity contribution in [2.75, 3.05) is 0 Å². The van der Waals surface area contributed by atoms with Crippen molar-refractivity contribution >= 4 is 17.8 Å². The Hall–Kier alpha value is -1.71. The average Bonchev–Trinajstić information content (AvgIpc) is 2.39. The number of carboxylic acids is 1. The van der Waals surface area contributed by atoms with Crippen molar-refractivity contribution in [3.05, 3.63) is 0 Å². The minimum Gasteiger partial charge on any atom is -0.480 e. The quantitative estimate of drug-likeness (QED) is 0.295. The number of aliphatic hydroxyl groups excluding tert-OH is 2. The van der Waals surface area contributed by atoms with Gasteiger partial charge in [-0.1, -0.05) is 13.8 Å². The van der Waals surface area contributed by atoms with Crippen LogP contribution in [0.5, 0.6) is 0 Å². The standard InChI is InChI=1S/C13H25N3O6/c1-5(2)9(13(21)22)15-12(20)10(7(4)18)16-11(19)8(14)6(3)17/h5-10,17-18H,14H2,1-4H3,(H,15,20)(H,16,19)(H,21,22). The summed E-state index contributed by atoms with van der Waals surface area (Å²) < 4.78 is 0. The minimum atomic E-state index is -1.38. The Bertz CT molecular complexity index is 411. The van der Waals surface area contributed by atoms with E-state index in [1.165, 1.54) is 13.8 Å². The van der Waals surface area contributed by atoms with Gasteiger partial charge >= 0.3 is 5.97 Å². The number of carboxylic acid groups (broad SMARTS) is 1. The molecule has 0 aliphatic carbocycles. The molecule has 9 heteroatoms. The molecular weight excluding hydrogens is 294 g/mol. The molecule has 7 N–H and O–H groups in total. The first-order valence-corrected chi connectivity index (χ1v) is 6.94. The highest BCUT2D eigenvalue weighted by atomic mass is 16.4. The molecule has 0 aromatic heterocycles. The molecule has 0 aromatic carbocycles. The van der Waals surface area contributed by atoms with Gasteiger partial charge in [-0.15, -0.1) is 0 Å². The topological polar surface area (TPSA) is 162 Å². The van der Waals surface area contributed by atoms with E-state index in [9.17, 15) is 24.6 Å². The Labute approximate surface area is 128 Å². The van der Waals surface area contributed by atoms with Crippen LogP contribution in [0.1, 0.15) is 27.7 Å². The van der Waals surface area contributed by atoms with Crippen LogP contribution >= 0.6 is 0 Å². The van der Waals surface area contributed by atoms with E-state index < -0.39 is 48.1 Å². The predicted molar refractivity (Wildman–Crippen MR) is 77.7 cm³/mol. The number of nitrogens with one attached hydrogen (secondary N) is 2. The van der Waals surface area contributed by atoms with Gasteiger partial charge in [0.2, 0.25) is 11.8 Å². The SMILES string of the molecule is CC(C)C(NC(=O)C(NC(=O)C(N)C(C)O)C(C)O)C(=O)O. The van der Waals surface area contributed by atoms with E-state index in [1.54, 1.807) is 13.8 Å². The first kappa shape index (κ1) is 20.3. The van der Waals surface area contributed by atoms with Crippen molar-refractivity contribution in [2.24, 2.45) is 11.7 Å². The second-order valence-electron chi connectivity index (χ2n) is 5.56. The monoisotopic (exact) mass is 319 g/mol. The lowest BCUT2D eigenvalue weighted by molar-refractivity contribution is -0.144. The molecule has 0 bridgehead atoms. The number of amides is 2. The van der Waals surface area contributed by atoms with Crippen LogP contribution in [0.15, 0.2) is 0 Å². The van der Waals surface area contributed by atoms with Crippen LogP contribution in [0.4, 0.5) is 0 Å². The van der Waals surface area contributed by atoms with Gasteiger partial charge in [-0.2, -0.15) is 0 Å². The average molecular weight is 319 g/mol. The van der Waals surface area contributed by atoms with Gasteiger partial charge in [0.25, 0.3) is 0 Å². The Kier molecular flexibility index (Phi) is 7.99. The summed E-state index contributed by atoms with van der Waals surface area (Å²) in [5.41, 5.74) is 5.44. The molecule has 5 unspecified atom stereocenters. The molecule has 0 aliphatic heterocycles. The third kappa shape index (κ3) is 5.96. The van der Waals surface area contributed by atoms with Gasteiger partial charge in [0.1, 0.15) is 18.1 Å². The zero-order valence-electron chi connectivity index (χ0n) is 13.1. The highest BCUT2D eigenvalue weighted by molar-refractivity contribution is 5.92. The van der Waals surface area contributed by atoms with Gasteiger partial charge in [0.15, 0.2) is 0 Å². The number of rotatable bonds is 8. The number of carbonyl (C=O) groups is 3. The van der Waals surface area contributed by atoms with Crippen molar-refractivity contribution in [3.8, 4) is 0 Å². The molecule has 0 fully saturated rings. The molecule has 5 atom stereocenters. The number of hydrogen-bond acceptors (Lipinski definition) is 6. The summed E-state index contributed by atoms with van der Waals surface area (Å²) in [6, 6.07) is -3.80. The van der Waals surface area contributed by atoms with Crippen molar-refractivity contribution < 1.29 is 29.7 Å². The Morgan fingerprint density at radius 2 is 1.32 bits per heavy atom. The largest absolute Gasteiger partial charge is 0.480 e. The van der Waals surface area contributed by atoms with Gasteiger partial charge in [-0.3, -0.25) is 9.59 Å². The smallest absolute Gasteiger partial charge is 0.326 e. The molecule has 9 nitrogen and oxygen atoms in total. The fourth-order valence-electron chi connectivity index (χ4n) is 1.63. The minimum absolute atomic E-state index is 0.383. The van der Waals surface area contributed by atoms with Gasteiger partial charge in [0, 0.05) is 0 Å². The Morgan fingerprint density at radius 3 is 1.64 bits per heavy atom. The second kappa shape index (κ2) is 8.66. The normalized spacial score (nSPS) is 18.0. The van der Waals surface area contributed by atoms with E-state index in [0.717, 1.165) is 0 Å². The summed E-state index contributed by atoms with van der Waals surface area (Å²) in [6.45, 7) is 5.79. The molecule has 0 saturated heterocycles. The molecule has 22 heavy (non-hydrogen) atoms. The number of aliphatic carboxylic acids is 1. The lowest BCUT2D eigenvalue weighted by atomic mass is 10.0. The lowest BCUT2D eigenvalue weighted by Gasteiger charge is -2.26. The molecule has 0 aromatic rings. The summed E-state index contributed by atoms with van der Waals surface area (Å²) >= 11 is 0. The fraction of sp³-hybridized carbons (Fsp3) is 0.769. The van der Waals surface area contributed by atoms with Gasteiger partial charge in [0.05, 0.1) is 12.2 Å². The van der Waals surface area contributed by atoms with E-state index in [0.29, 0.717) is 0 Å². The third-order valence-corrected chi connectivity index (χ3v) is 3.12. The fourth-order valence-corrected chi connectivity index (χ4v) is 1.63. The summed E-state index contributed by atoms with van der Waals surface area (Å²) in [7, 11) is 0. The first-order valence-electron chi connectivity index (χ1n) is 6.94. The van der Waals surface area contributed by atoms with Crippen LogP contribution < -0.4 is 16.4 Å². The number of hydrogen-bond donors (Lipinski definition) is 6. The summed E-state index contributed by atoms with van der Waals surface area (Å²) in [5.74, 6) is -3.28. The van der Waals surface area contributed by atoms with Crippen LogP contribution in [0.2, 0.25) is 0 Å². The molecule has 0 radical (unpaired) electrons. The summed E-state index contributed by atoms with van der Waals surface area (Å²) in [6.07, 6.45) is -2.41. The first-order chi connectivity index (χ1) is 9.98. The maximum absolute atomic E-state index is 12.1. The third-order valence-electron chi connectivity index (χ3n) is 3.12. The van der Waals surface area contributed by atoms with Gasteiger partial charge in [-0.05, 0) is 19.8 Å². The van der Waals surface area contributed by atoms with Crippen molar-refractivity contribution in [2.45, 2.75) is 58.0 Å². The molecule has 0 heterocycles. The zero-order chi connectivity index (χ0) is 17.6. The van der Waals surface area contributed by atoms with E-state index in [1.807, 2.05) is 0 Å². The van der Waals surface area contributed by atoms with Crippen LogP contribution in [-0.2, 0) is 14.4 Å². The van der Waals surface area contributed by atoms with E-state index in [2.05, 4.69) is 10.6 Å². The molecule has 0 aliphatic rings. The summed E-state index contributed by atoms with van der Waals surface area (Å²) in [4.78, 5) is 34.9. The van der Waals surface area contributed by atoms with Gasteiger partial charge in [-0.25, -0.2) is 4.79 Å². The van der Waals surface area contributed by atoms with Crippen molar-refractivity contribution in [1.29, 1.82) is 0 Å². The Balaban J connectivity index is 4.99. The Morgan fingerprint density at radius 1 is 0.864 bits per heavy atom. The lowest BCUT2D eigenvalue weighted by Crippen LogP contribution is -2.60. The second-order valence-corrected chi connectivity index (χ2v) is 5.56. The highest BCUT2D eigenvalue weighted by Gasteiger charge is 2.32. The number of carbonyl (C=O) groups excluding carboxylic acids is 2. The predicted octanol–water partition coefficient (Wildman–Crippen LogP) is -2.21. The maximum Gasteiger partial charge on any atom is 0.326 e. The maximum atomic E-state index is 12.1. The molecule has 0 rings (SSSR count). The van der Waals surface area contributed by atoms with Crippen molar-refractivity contribution in [3.63, 3.8) is 0 Å². The van der Waals surface area contributed by atoms with E-state index in [-0.39, 0.29) is 5.92 Å². The number of nitrogens with two attached hydrogens (primary N) is 1. The highest BCUT2D eigenvalue weighted by Crippen LogP contribution is 2.04. The molecule has 0 spiro atoms. The molecular formula is C13H25N3O6. The van der Waals surface area contributed by atoms with Crippen LogP contribution in [0.3, 0.4) is 0 Å². The molecule has 0 saturated carbocycles. The van der Waals surface area contributed by atoms with Crippen LogP contribution in [-0.4, -0.2) is 63.4 Å². The van der Waals surface area contributed by atoms with E-state index in [4.69, 9.17) is 10.8 Å². The van der Waals surface area contributed by atoms with Crippen LogP contribution in [0.25, 0.3) is 0 Å². The molecule has 2 amide bonds. The zero-order valence-corrected chi connectivity index (χ0v) is 13.1. The number of aliphatic hydroxyl groups is 2.